The topological polar surface area (TPSA) is 74.5 Å². The maximum absolute atomic E-state index is 12.2. The van der Waals surface area contributed by atoms with Crippen LogP contribution in [0.1, 0.15) is 11.1 Å². The predicted octanol–water partition coefficient (Wildman–Crippen LogP) is 3.35. The summed E-state index contributed by atoms with van der Waals surface area (Å²) in [5, 5.41) is 10.3. The van der Waals surface area contributed by atoms with E-state index in [4.69, 9.17) is 4.99 Å². The Kier molecular flexibility index (Phi) is 9.33. The van der Waals surface area contributed by atoms with Gasteiger partial charge in [-0.2, -0.15) is 5.10 Å². The van der Waals surface area contributed by atoms with Gasteiger partial charge in [-0.05, 0) is 29.3 Å². The quantitative estimate of drug-likeness (QED) is 0.286. The Labute approximate surface area is 194 Å². The fraction of sp³-hybridized carbons (Fsp3) is 0.227. The lowest BCUT2D eigenvalue weighted by atomic mass is 10.2. The lowest BCUT2D eigenvalue weighted by Gasteiger charge is -2.18. The molecule has 0 atom stereocenters. The summed E-state index contributed by atoms with van der Waals surface area (Å²) in [6, 6.07) is 19.7. The summed E-state index contributed by atoms with van der Waals surface area (Å²) in [4.78, 5) is 18.8. The van der Waals surface area contributed by atoms with E-state index >= 15 is 0 Å². The number of aliphatic imine (C=N–C) groups is 1. The van der Waals surface area contributed by atoms with Crippen LogP contribution in [0.4, 0.5) is 5.69 Å². The molecule has 2 aromatic carbocycles. The van der Waals surface area contributed by atoms with Crippen LogP contribution >= 0.6 is 24.0 Å². The molecule has 0 aliphatic heterocycles. The molecule has 0 unspecified atom stereocenters. The SMILES string of the molecule is CN(C)C(=NCc1cccc(NC(=O)Cn2cccn2)c1)NCc1ccccc1.I. The van der Waals surface area contributed by atoms with E-state index in [0.717, 1.165) is 17.2 Å². The molecule has 0 aliphatic carbocycles. The normalized spacial score (nSPS) is 10.8. The van der Waals surface area contributed by atoms with Crippen molar-refractivity contribution in [3.8, 4) is 0 Å². The highest BCUT2D eigenvalue weighted by Crippen LogP contribution is 2.12. The molecule has 0 aliphatic rings. The van der Waals surface area contributed by atoms with Crippen molar-refractivity contribution in [2.75, 3.05) is 19.4 Å². The Morgan fingerprint density at radius 1 is 1.07 bits per heavy atom. The van der Waals surface area contributed by atoms with Gasteiger partial charge in [-0.1, -0.05) is 42.5 Å². The number of nitrogens with one attached hydrogen (secondary N) is 2. The number of anilines is 1. The van der Waals surface area contributed by atoms with Crippen molar-refractivity contribution in [2.24, 2.45) is 4.99 Å². The van der Waals surface area contributed by atoms with E-state index in [-0.39, 0.29) is 36.4 Å². The zero-order chi connectivity index (χ0) is 20.5. The van der Waals surface area contributed by atoms with Crippen molar-refractivity contribution in [1.29, 1.82) is 0 Å². The van der Waals surface area contributed by atoms with Gasteiger partial charge in [0.15, 0.2) is 5.96 Å². The maximum Gasteiger partial charge on any atom is 0.246 e. The first-order valence-corrected chi connectivity index (χ1v) is 9.46. The zero-order valence-corrected chi connectivity index (χ0v) is 19.5. The fourth-order valence-corrected chi connectivity index (χ4v) is 2.79. The summed E-state index contributed by atoms with van der Waals surface area (Å²) in [6.07, 6.45) is 3.41. The average molecular weight is 518 g/mol. The number of halogens is 1. The molecule has 0 radical (unpaired) electrons. The molecule has 0 bridgehead atoms. The molecule has 158 valence electrons. The van der Waals surface area contributed by atoms with Gasteiger partial charge in [0.1, 0.15) is 6.54 Å². The molecule has 8 heteroatoms. The summed E-state index contributed by atoms with van der Waals surface area (Å²) >= 11 is 0. The number of hydrogen-bond donors (Lipinski definition) is 2. The van der Waals surface area contributed by atoms with Crippen LogP contribution in [0.15, 0.2) is 78.0 Å². The van der Waals surface area contributed by atoms with Gasteiger partial charge in [0.2, 0.25) is 5.91 Å². The Balaban J connectivity index is 0.00000320. The maximum atomic E-state index is 12.2. The van der Waals surface area contributed by atoms with Crippen LogP contribution in [0.2, 0.25) is 0 Å². The van der Waals surface area contributed by atoms with E-state index in [1.54, 1.807) is 23.1 Å². The average Bonchev–Trinajstić information content (AvgIpc) is 3.21. The number of benzene rings is 2. The molecule has 3 aromatic rings. The largest absolute Gasteiger partial charge is 0.352 e. The Morgan fingerprint density at radius 2 is 1.83 bits per heavy atom. The molecule has 0 saturated carbocycles. The van der Waals surface area contributed by atoms with E-state index in [2.05, 4.69) is 27.9 Å². The van der Waals surface area contributed by atoms with Gasteiger partial charge in [0.05, 0.1) is 6.54 Å². The molecule has 2 N–H and O–H groups in total. The van der Waals surface area contributed by atoms with Gasteiger partial charge >= 0.3 is 0 Å². The molecule has 0 fully saturated rings. The molecule has 1 aromatic heterocycles. The minimum atomic E-state index is -0.118. The first-order chi connectivity index (χ1) is 14.1. The number of aromatic nitrogens is 2. The van der Waals surface area contributed by atoms with Crippen LogP contribution in [0.5, 0.6) is 0 Å². The highest BCUT2D eigenvalue weighted by molar-refractivity contribution is 14.0. The van der Waals surface area contributed by atoms with Gasteiger partial charge in [0.25, 0.3) is 0 Å². The molecule has 30 heavy (non-hydrogen) atoms. The van der Waals surface area contributed by atoms with Crippen LogP contribution < -0.4 is 10.6 Å². The second-order valence-electron chi connectivity index (χ2n) is 6.83. The van der Waals surface area contributed by atoms with Gasteiger partial charge in [-0.3, -0.25) is 9.48 Å². The number of carbonyl (C=O) groups is 1. The number of guanidine groups is 1. The van der Waals surface area contributed by atoms with Crippen molar-refractivity contribution in [2.45, 2.75) is 19.6 Å². The van der Waals surface area contributed by atoms with Crippen LogP contribution in [0, 0.1) is 0 Å². The van der Waals surface area contributed by atoms with Gasteiger partial charge < -0.3 is 15.5 Å². The highest BCUT2D eigenvalue weighted by Gasteiger charge is 2.05. The highest BCUT2D eigenvalue weighted by atomic mass is 127. The van der Waals surface area contributed by atoms with Gasteiger partial charge in [-0.15, -0.1) is 24.0 Å². The monoisotopic (exact) mass is 518 g/mol. The number of amides is 1. The van der Waals surface area contributed by atoms with Crippen molar-refractivity contribution in [3.05, 3.63) is 84.2 Å². The summed E-state index contributed by atoms with van der Waals surface area (Å²) in [5.74, 6) is 0.690. The fourth-order valence-electron chi connectivity index (χ4n) is 2.79. The standard InChI is InChI=1S/C22H26N6O.HI/c1-27(2)22(23-15-18-8-4-3-5-9-18)24-16-19-10-6-11-20(14-19)26-21(29)17-28-13-7-12-25-28;/h3-14H,15-17H2,1-2H3,(H,23,24)(H,26,29);1H. The second kappa shape index (κ2) is 12.0. The van der Waals surface area contributed by atoms with Crippen LogP contribution in [0.3, 0.4) is 0 Å². The van der Waals surface area contributed by atoms with E-state index in [1.165, 1.54) is 5.56 Å². The molecule has 3 rings (SSSR count). The Bertz CT molecular complexity index is 941. The number of nitrogens with zero attached hydrogens (tertiary/aromatic N) is 4. The molecule has 1 heterocycles. The van der Waals surface area contributed by atoms with E-state index in [9.17, 15) is 4.79 Å². The molecule has 7 nitrogen and oxygen atoms in total. The smallest absolute Gasteiger partial charge is 0.246 e. The minimum absolute atomic E-state index is 0. The molecule has 0 saturated heterocycles. The Hall–Kier alpha value is -2.88. The lowest BCUT2D eigenvalue weighted by Crippen LogP contribution is -2.36. The van der Waals surface area contributed by atoms with Crippen molar-refractivity contribution < 1.29 is 4.79 Å². The number of hydrogen-bond acceptors (Lipinski definition) is 3. The number of carbonyl (C=O) groups excluding carboxylic acids is 1. The third-order valence-corrected chi connectivity index (χ3v) is 4.20. The minimum Gasteiger partial charge on any atom is -0.352 e. The van der Waals surface area contributed by atoms with Crippen molar-refractivity contribution in [1.82, 2.24) is 20.0 Å². The lowest BCUT2D eigenvalue weighted by molar-refractivity contribution is -0.116. The van der Waals surface area contributed by atoms with E-state index in [0.29, 0.717) is 13.1 Å². The third kappa shape index (κ3) is 7.51. The van der Waals surface area contributed by atoms with Gasteiger partial charge in [0, 0.05) is 38.7 Å². The van der Waals surface area contributed by atoms with Crippen LogP contribution in [0.25, 0.3) is 0 Å². The summed E-state index contributed by atoms with van der Waals surface area (Å²) in [6.45, 7) is 1.41. The Morgan fingerprint density at radius 3 is 2.53 bits per heavy atom. The zero-order valence-electron chi connectivity index (χ0n) is 17.2. The van der Waals surface area contributed by atoms with Crippen LogP contribution in [-0.4, -0.2) is 40.6 Å². The molecular formula is C22H27IN6O. The van der Waals surface area contributed by atoms with E-state index < -0.39 is 0 Å². The number of rotatable bonds is 7. The van der Waals surface area contributed by atoms with E-state index in [1.807, 2.05) is 61.5 Å². The molecular weight excluding hydrogens is 491 g/mol. The third-order valence-electron chi connectivity index (χ3n) is 4.20. The van der Waals surface area contributed by atoms with Crippen molar-refractivity contribution >= 4 is 41.5 Å². The second-order valence-corrected chi connectivity index (χ2v) is 6.83. The summed E-state index contributed by atoms with van der Waals surface area (Å²) in [7, 11) is 3.92. The first kappa shape index (κ1) is 23.4. The molecule has 1 amide bonds. The summed E-state index contributed by atoms with van der Waals surface area (Å²) in [5.41, 5.74) is 2.96. The first-order valence-electron chi connectivity index (χ1n) is 9.46. The van der Waals surface area contributed by atoms with Crippen molar-refractivity contribution in [3.63, 3.8) is 0 Å². The summed E-state index contributed by atoms with van der Waals surface area (Å²) < 4.78 is 1.59. The molecule has 0 spiro atoms. The van der Waals surface area contributed by atoms with Gasteiger partial charge in [-0.25, -0.2) is 4.99 Å². The predicted molar refractivity (Wildman–Crippen MR) is 131 cm³/mol. The van der Waals surface area contributed by atoms with Crippen LogP contribution in [-0.2, 0) is 24.4 Å².